The molecule has 0 aromatic carbocycles. The van der Waals surface area contributed by atoms with Crippen LogP contribution in [0.4, 0.5) is 0 Å². The van der Waals surface area contributed by atoms with Crippen molar-refractivity contribution in [2.75, 3.05) is 0 Å². The summed E-state index contributed by atoms with van der Waals surface area (Å²) in [5.41, 5.74) is 6.85. The lowest BCUT2D eigenvalue weighted by Crippen LogP contribution is -2.50. The van der Waals surface area contributed by atoms with Crippen LogP contribution in [0.15, 0.2) is 12.4 Å². The SMILES string of the molecule is C[C@@H]1CCC[C@H](C)N1C(=O)C(N)c1cnn(C)c1. The molecule has 0 radical (unpaired) electrons. The predicted molar refractivity (Wildman–Crippen MR) is 69.8 cm³/mol. The summed E-state index contributed by atoms with van der Waals surface area (Å²) in [6.07, 6.45) is 6.80. The van der Waals surface area contributed by atoms with Crippen LogP contribution in [0.1, 0.15) is 44.7 Å². The van der Waals surface area contributed by atoms with E-state index in [-0.39, 0.29) is 18.0 Å². The number of nitrogens with two attached hydrogens (primary N) is 1. The van der Waals surface area contributed by atoms with Crippen LogP contribution in [0.3, 0.4) is 0 Å². The summed E-state index contributed by atoms with van der Waals surface area (Å²) < 4.78 is 1.67. The van der Waals surface area contributed by atoms with E-state index in [0.29, 0.717) is 0 Å². The fraction of sp³-hybridized carbons (Fsp3) is 0.692. The summed E-state index contributed by atoms with van der Waals surface area (Å²) in [6.45, 7) is 4.20. The highest BCUT2D eigenvalue weighted by Gasteiger charge is 2.32. The third kappa shape index (κ3) is 2.41. The second kappa shape index (κ2) is 5.10. The van der Waals surface area contributed by atoms with Crippen molar-refractivity contribution in [3.05, 3.63) is 18.0 Å². The Morgan fingerprint density at radius 3 is 2.56 bits per heavy atom. The van der Waals surface area contributed by atoms with Gasteiger partial charge in [0.2, 0.25) is 5.91 Å². The Bertz CT molecular complexity index is 418. The van der Waals surface area contributed by atoms with Crippen LogP contribution in [0.5, 0.6) is 0 Å². The van der Waals surface area contributed by atoms with Gasteiger partial charge in [-0.2, -0.15) is 5.10 Å². The van der Waals surface area contributed by atoms with Crippen LogP contribution in [-0.4, -0.2) is 32.7 Å². The Labute approximate surface area is 108 Å². The maximum absolute atomic E-state index is 12.5. The van der Waals surface area contributed by atoms with Gasteiger partial charge in [0.05, 0.1) is 6.20 Å². The second-order valence-electron chi connectivity index (χ2n) is 5.30. The van der Waals surface area contributed by atoms with Gasteiger partial charge in [-0.25, -0.2) is 0 Å². The van der Waals surface area contributed by atoms with Crippen molar-refractivity contribution >= 4 is 5.91 Å². The summed E-state index contributed by atoms with van der Waals surface area (Å²) in [5, 5.41) is 4.07. The summed E-state index contributed by atoms with van der Waals surface area (Å²) >= 11 is 0. The summed E-state index contributed by atoms with van der Waals surface area (Å²) in [5.74, 6) is 0.0164. The molecule has 1 amide bonds. The maximum Gasteiger partial charge on any atom is 0.244 e. The van der Waals surface area contributed by atoms with E-state index in [2.05, 4.69) is 18.9 Å². The predicted octanol–water partition coefficient (Wildman–Crippen LogP) is 1.21. The Morgan fingerprint density at radius 1 is 1.44 bits per heavy atom. The van der Waals surface area contributed by atoms with Crippen LogP contribution in [0.2, 0.25) is 0 Å². The highest BCUT2D eigenvalue weighted by Crippen LogP contribution is 2.25. The van der Waals surface area contributed by atoms with Crippen molar-refractivity contribution in [1.29, 1.82) is 0 Å². The van der Waals surface area contributed by atoms with E-state index < -0.39 is 6.04 Å². The van der Waals surface area contributed by atoms with Gasteiger partial charge >= 0.3 is 0 Å². The molecule has 0 spiro atoms. The van der Waals surface area contributed by atoms with Crippen molar-refractivity contribution in [2.45, 2.75) is 51.2 Å². The maximum atomic E-state index is 12.5. The van der Waals surface area contributed by atoms with Gasteiger partial charge in [-0.05, 0) is 33.1 Å². The second-order valence-corrected chi connectivity index (χ2v) is 5.30. The van der Waals surface area contributed by atoms with E-state index in [1.54, 1.807) is 10.9 Å². The van der Waals surface area contributed by atoms with Gasteiger partial charge in [0.25, 0.3) is 0 Å². The van der Waals surface area contributed by atoms with Gasteiger partial charge in [-0.1, -0.05) is 0 Å². The van der Waals surface area contributed by atoms with Gasteiger partial charge in [0.15, 0.2) is 0 Å². The lowest BCUT2D eigenvalue weighted by molar-refractivity contribution is -0.138. The first-order chi connectivity index (χ1) is 8.50. The monoisotopic (exact) mass is 250 g/mol. The number of piperidine rings is 1. The summed E-state index contributed by atoms with van der Waals surface area (Å²) in [6, 6.07) is -0.0327. The van der Waals surface area contributed by atoms with Crippen molar-refractivity contribution in [1.82, 2.24) is 14.7 Å². The Morgan fingerprint density at radius 2 is 2.06 bits per heavy atom. The highest BCUT2D eigenvalue weighted by atomic mass is 16.2. The first-order valence-corrected chi connectivity index (χ1v) is 6.57. The molecular weight excluding hydrogens is 228 g/mol. The van der Waals surface area contributed by atoms with E-state index in [1.807, 2.05) is 18.1 Å². The number of nitrogens with zero attached hydrogens (tertiary/aromatic N) is 3. The van der Waals surface area contributed by atoms with Gasteiger partial charge in [-0.3, -0.25) is 9.48 Å². The first-order valence-electron chi connectivity index (χ1n) is 6.57. The topological polar surface area (TPSA) is 64.2 Å². The van der Waals surface area contributed by atoms with Gasteiger partial charge < -0.3 is 10.6 Å². The number of carbonyl (C=O) groups is 1. The van der Waals surface area contributed by atoms with Gasteiger partial charge in [-0.15, -0.1) is 0 Å². The standard InChI is InChI=1S/C13H22N4O/c1-9-5-4-6-10(2)17(9)13(18)12(14)11-7-15-16(3)8-11/h7-10,12H,4-6,14H2,1-3H3/t9-,10+,12?. The minimum Gasteiger partial charge on any atom is -0.336 e. The van der Waals surface area contributed by atoms with Crippen molar-refractivity contribution in [2.24, 2.45) is 12.8 Å². The largest absolute Gasteiger partial charge is 0.336 e. The third-order valence-electron chi connectivity index (χ3n) is 3.80. The molecule has 3 atom stereocenters. The zero-order chi connectivity index (χ0) is 13.3. The van der Waals surface area contributed by atoms with Crippen LogP contribution in [0, 0.1) is 0 Å². The van der Waals surface area contributed by atoms with E-state index in [4.69, 9.17) is 5.73 Å². The minimum atomic E-state index is -0.596. The Hall–Kier alpha value is -1.36. The molecule has 0 saturated carbocycles. The fourth-order valence-electron chi connectivity index (χ4n) is 2.76. The Kier molecular flexibility index (Phi) is 3.71. The molecule has 2 rings (SSSR count). The molecule has 1 aliphatic rings. The molecule has 0 bridgehead atoms. The number of aromatic nitrogens is 2. The molecule has 1 saturated heterocycles. The van der Waals surface area contributed by atoms with Crippen LogP contribution in [-0.2, 0) is 11.8 Å². The lowest BCUT2D eigenvalue weighted by Gasteiger charge is -2.40. The molecule has 1 aromatic heterocycles. The third-order valence-corrected chi connectivity index (χ3v) is 3.80. The number of hydrogen-bond acceptors (Lipinski definition) is 3. The first kappa shape index (κ1) is 13.1. The smallest absolute Gasteiger partial charge is 0.244 e. The van der Waals surface area contributed by atoms with Crippen molar-refractivity contribution < 1.29 is 4.79 Å². The molecular formula is C13H22N4O. The number of hydrogen-bond donors (Lipinski definition) is 1. The van der Waals surface area contributed by atoms with Gasteiger partial charge in [0, 0.05) is 30.9 Å². The molecule has 100 valence electrons. The molecule has 1 aliphatic heterocycles. The molecule has 0 aliphatic carbocycles. The van der Waals surface area contributed by atoms with E-state index >= 15 is 0 Å². The molecule has 5 nitrogen and oxygen atoms in total. The van der Waals surface area contributed by atoms with Crippen LogP contribution < -0.4 is 5.73 Å². The van der Waals surface area contributed by atoms with Gasteiger partial charge in [0.1, 0.15) is 6.04 Å². The fourth-order valence-corrected chi connectivity index (χ4v) is 2.76. The minimum absolute atomic E-state index is 0.0164. The zero-order valence-electron chi connectivity index (χ0n) is 11.3. The number of amides is 1. The van der Waals surface area contributed by atoms with Crippen molar-refractivity contribution in [3.8, 4) is 0 Å². The number of carbonyl (C=O) groups excluding carboxylic acids is 1. The molecule has 2 heterocycles. The highest BCUT2D eigenvalue weighted by molar-refractivity contribution is 5.83. The Balaban J connectivity index is 2.14. The molecule has 1 fully saturated rings. The average molecular weight is 250 g/mol. The molecule has 2 N–H and O–H groups in total. The molecule has 1 aromatic rings. The van der Waals surface area contributed by atoms with Crippen molar-refractivity contribution in [3.63, 3.8) is 0 Å². The number of likely N-dealkylation sites (tertiary alicyclic amines) is 1. The van der Waals surface area contributed by atoms with Crippen LogP contribution in [0.25, 0.3) is 0 Å². The van der Waals surface area contributed by atoms with E-state index in [1.165, 1.54) is 6.42 Å². The quantitative estimate of drug-likeness (QED) is 0.858. The summed E-state index contributed by atoms with van der Waals surface area (Å²) in [7, 11) is 1.83. The molecule has 18 heavy (non-hydrogen) atoms. The number of rotatable bonds is 2. The van der Waals surface area contributed by atoms with Crippen LogP contribution >= 0.6 is 0 Å². The van der Waals surface area contributed by atoms with E-state index in [0.717, 1.165) is 18.4 Å². The van der Waals surface area contributed by atoms with E-state index in [9.17, 15) is 4.79 Å². The molecule has 1 unspecified atom stereocenters. The lowest BCUT2D eigenvalue weighted by atomic mass is 9.96. The normalized spacial score (nSPS) is 26.1. The summed E-state index contributed by atoms with van der Waals surface area (Å²) in [4.78, 5) is 14.4. The zero-order valence-corrected chi connectivity index (χ0v) is 11.3. The average Bonchev–Trinajstić information content (AvgIpc) is 2.74. The number of aryl methyl sites for hydroxylation is 1. The molecule has 5 heteroatoms.